The van der Waals surface area contributed by atoms with Crippen LogP contribution in [0.2, 0.25) is 0 Å². The first kappa shape index (κ1) is 20.6. The Hall–Kier alpha value is -4.14. The Morgan fingerprint density at radius 3 is 2.27 bits per heavy atom. The quantitative estimate of drug-likeness (QED) is 0.614. The van der Waals surface area contributed by atoms with Crippen molar-refractivity contribution >= 4 is 29.1 Å². The van der Waals surface area contributed by atoms with E-state index in [1.165, 1.54) is 20.5 Å². The lowest BCUT2D eigenvalue weighted by Gasteiger charge is -2.22. The largest absolute Gasteiger partial charge is 0.465 e. The van der Waals surface area contributed by atoms with Crippen molar-refractivity contribution in [1.82, 2.24) is 9.97 Å². The number of carbonyl (C=O) groups excluding carboxylic acids is 2. The van der Waals surface area contributed by atoms with E-state index in [9.17, 15) is 9.59 Å². The minimum absolute atomic E-state index is 0.133. The smallest absolute Gasteiger partial charge is 0.339 e. The Balaban J connectivity index is 1.90. The van der Waals surface area contributed by atoms with Crippen LogP contribution in [0.15, 0.2) is 54.9 Å². The van der Waals surface area contributed by atoms with Gasteiger partial charge in [0.05, 0.1) is 31.0 Å². The normalized spacial score (nSPS) is 10.2. The van der Waals surface area contributed by atoms with Crippen LogP contribution < -0.4 is 15.4 Å². The van der Waals surface area contributed by atoms with Crippen LogP contribution >= 0.6 is 0 Å². The fraction of sp³-hybridized carbons (Fsp3) is 0.143. The predicted molar refractivity (Wildman–Crippen MR) is 110 cm³/mol. The molecule has 0 spiro atoms. The summed E-state index contributed by atoms with van der Waals surface area (Å²) in [6, 6.07) is 13.3. The van der Waals surface area contributed by atoms with Crippen molar-refractivity contribution in [3.05, 3.63) is 66.0 Å². The highest BCUT2D eigenvalue weighted by atomic mass is 16.5. The van der Waals surface area contributed by atoms with Gasteiger partial charge in [0.15, 0.2) is 5.82 Å². The molecule has 1 heterocycles. The Kier molecular flexibility index (Phi) is 6.11. The van der Waals surface area contributed by atoms with Gasteiger partial charge in [0.25, 0.3) is 0 Å². The highest BCUT2D eigenvalue weighted by Crippen LogP contribution is 2.35. The van der Waals surface area contributed by atoms with Crippen molar-refractivity contribution in [3.63, 3.8) is 0 Å². The van der Waals surface area contributed by atoms with E-state index in [2.05, 4.69) is 14.7 Å². The molecule has 0 saturated heterocycles. The molecule has 0 amide bonds. The first-order valence-corrected chi connectivity index (χ1v) is 8.84. The van der Waals surface area contributed by atoms with Crippen LogP contribution in [0.3, 0.4) is 0 Å². The number of nitrogen functional groups attached to an aromatic ring is 1. The molecule has 0 aliphatic rings. The molecule has 2 N–H and O–H groups in total. The van der Waals surface area contributed by atoms with E-state index in [0.717, 1.165) is 0 Å². The number of nitrogens with two attached hydrogens (primary N) is 1. The zero-order valence-corrected chi connectivity index (χ0v) is 16.7. The number of aromatic nitrogens is 2. The number of methoxy groups -OCH3 is 2. The van der Waals surface area contributed by atoms with Gasteiger partial charge >= 0.3 is 11.9 Å². The van der Waals surface area contributed by atoms with Crippen LogP contribution in [0.1, 0.15) is 20.7 Å². The summed E-state index contributed by atoms with van der Waals surface area (Å²) in [7, 11) is 4.34. The van der Waals surface area contributed by atoms with Gasteiger partial charge in [-0.25, -0.2) is 14.6 Å². The van der Waals surface area contributed by atoms with Crippen LogP contribution in [-0.2, 0) is 9.47 Å². The second kappa shape index (κ2) is 8.91. The summed E-state index contributed by atoms with van der Waals surface area (Å²) >= 11 is 0. The van der Waals surface area contributed by atoms with E-state index in [4.69, 9.17) is 15.2 Å². The van der Waals surface area contributed by atoms with Gasteiger partial charge in [-0.1, -0.05) is 12.1 Å². The summed E-state index contributed by atoms with van der Waals surface area (Å²) in [5, 5.41) is 0. The number of hydrogen-bond acceptors (Lipinski definition) is 9. The molecule has 0 radical (unpaired) electrons. The van der Waals surface area contributed by atoms with Crippen LogP contribution in [0.5, 0.6) is 11.6 Å². The molecule has 9 heteroatoms. The van der Waals surface area contributed by atoms with E-state index in [1.807, 2.05) is 0 Å². The number of para-hydroxylation sites is 1. The molecule has 154 valence electrons. The summed E-state index contributed by atoms with van der Waals surface area (Å²) in [6.45, 7) is 0. The van der Waals surface area contributed by atoms with Gasteiger partial charge < -0.3 is 24.8 Å². The average Bonchev–Trinajstić information content (AvgIpc) is 2.79. The van der Waals surface area contributed by atoms with Crippen molar-refractivity contribution in [1.29, 1.82) is 0 Å². The molecule has 0 saturated carbocycles. The Morgan fingerprint density at radius 1 is 0.933 bits per heavy atom. The van der Waals surface area contributed by atoms with Crippen molar-refractivity contribution in [2.24, 2.45) is 0 Å². The fourth-order valence-electron chi connectivity index (χ4n) is 2.77. The fourth-order valence-corrected chi connectivity index (χ4v) is 2.77. The summed E-state index contributed by atoms with van der Waals surface area (Å²) in [5.41, 5.74) is 7.73. The monoisotopic (exact) mass is 408 g/mol. The number of nitrogens with zero attached hydrogens (tertiary/aromatic N) is 3. The summed E-state index contributed by atoms with van der Waals surface area (Å²) in [5.74, 6) is -0.0177. The van der Waals surface area contributed by atoms with Crippen LogP contribution in [-0.4, -0.2) is 43.2 Å². The molecule has 0 atom stereocenters. The lowest BCUT2D eigenvalue weighted by atomic mass is 10.1. The molecule has 2 aromatic carbocycles. The number of anilines is 3. The van der Waals surface area contributed by atoms with Crippen LogP contribution in [0, 0.1) is 0 Å². The average molecular weight is 408 g/mol. The second-order valence-corrected chi connectivity index (χ2v) is 6.10. The van der Waals surface area contributed by atoms with E-state index in [1.54, 1.807) is 60.5 Å². The Bertz CT molecular complexity index is 1070. The van der Waals surface area contributed by atoms with Gasteiger partial charge in [-0.2, -0.15) is 4.98 Å². The number of hydrogen-bond donors (Lipinski definition) is 1. The van der Waals surface area contributed by atoms with Crippen LogP contribution in [0.4, 0.5) is 17.2 Å². The van der Waals surface area contributed by atoms with Crippen molar-refractivity contribution in [2.45, 2.75) is 0 Å². The Labute approximate surface area is 173 Å². The Morgan fingerprint density at radius 2 is 1.60 bits per heavy atom. The molecule has 0 unspecified atom stereocenters. The first-order valence-electron chi connectivity index (χ1n) is 8.84. The number of benzene rings is 2. The minimum Gasteiger partial charge on any atom is -0.465 e. The lowest BCUT2D eigenvalue weighted by Crippen LogP contribution is -2.18. The van der Waals surface area contributed by atoms with Crippen molar-refractivity contribution < 1.29 is 23.8 Å². The summed E-state index contributed by atoms with van der Waals surface area (Å²) in [4.78, 5) is 33.6. The molecular weight excluding hydrogens is 388 g/mol. The number of esters is 2. The zero-order valence-electron chi connectivity index (χ0n) is 16.7. The third kappa shape index (κ3) is 4.14. The maximum Gasteiger partial charge on any atom is 0.339 e. The first-order chi connectivity index (χ1) is 14.5. The highest BCUT2D eigenvalue weighted by molar-refractivity contribution is 5.97. The zero-order chi connectivity index (χ0) is 21.7. The number of rotatable bonds is 6. The van der Waals surface area contributed by atoms with E-state index < -0.39 is 11.9 Å². The highest BCUT2D eigenvalue weighted by Gasteiger charge is 2.20. The number of carbonyl (C=O) groups is 2. The summed E-state index contributed by atoms with van der Waals surface area (Å²) in [6.07, 6.45) is 1.31. The molecule has 1 aromatic heterocycles. The maximum atomic E-state index is 12.1. The minimum atomic E-state index is -0.479. The standard InChI is InChI=1S/C21H20N4O5/c1-25(16-7-5-4-6-15(16)21(27)29-3)18-17(22)19(24-12-23-18)30-14-10-8-13(9-11-14)20(26)28-2/h4-12H,22H2,1-3H3. The van der Waals surface area contributed by atoms with Gasteiger partial charge in [0.2, 0.25) is 5.88 Å². The van der Waals surface area contributed by atoms with Crippen LogP contribution in [0.25, 0.3) is 0 Å². The number of ether oxygens (including phenoxy) is 3. The molecular formula is C21H20N4O5. The van der Waals surface area contributed by atoms with E-state index >= 15 is 0 Å². The SMILES string of the molecule is COC(=O)c1ccc(Oc2ncnc(N(C)c3ccccc3C(=O)OC)c2N)cc1. The molecule has 9 nitrogen and oxygen atoms in total. The second-order valence-electron chi connectivity index (χ2n) is 6.10. The maximum absolute atomic E-state index is 12.1. The lowest BCUT2D eigenvalue weighted by molar-refractivity contribution is 0.0592. The van der Waals surface area contributed by atoms with E-state index in [-0.39, 0.29) is 11.6 Å². The van der Waals surface area contributed by atoms with Gasteiger partial charge in [0.1, 0.15) is 17.8 Å². The van der Waals surface area contributed by atoms with Crippen molar-refractivity contribution in [2.75, 3.05) is 31.9 Å². The van der Waals surface area contributed by atoms with Crippen molar-refractivity contribution in [3.8, 4) is 11.6 Å². The van der Waals surface area contributed by atoms with E-state index in [0.29, 0.717) is 28.4 Å². The van der Waals surface area contributed by atoms with Gasteiger partial charge in [-0.3, -0.25) is 0 Å². The molecule has 0 fully saturated rings. The van der Waals surface area contributed by atoms with Gasteiger partial charge in [-0.05, 0) is 36.4 Å². The molecule has 0 aliphatic carbocycles. The molecule has 3 rings (SSSR count). The van der Waals surface area contributed by atoms with Gasteiger partial charge in [0, 0.05) is 7.05 Å². The molecule has 30 heavy (non-hydrogen) atoms. The third-order valence-corrected chi connectivity index (χ3v) is 4.30. The molecule has 0 aliphatic heterocycles. The molecule has 0 bridgehead atoms. The third-order valence-electron chi connectivity index (χ3n) is 4.30. The van der Waals surface area contributed by atoms with Gasteiger partial charge in [-0.15, -0.1) is 0 Å². The predicted octanol–water partition coefficient (Wildman–Crippen LogP) is 3.19. The molecule has 3 aromatic rings. The summed E-state index contributed by atoms with van der Waals surface area (Å²) < 4.78 is 15.3. The topological polar surface area (TPSA) is 117 Å².